The Morgan fingerprint density at radius 3 is 2.15 bits per heavy atom. The van der Waals surface area contributed by atoms with Gasteiger partial charge < -0.3 is 29.4 Å². The molecule has 0 aromatic heterocycles. The molecular formula is C26H34ClN3O11. The fourth-order valence-electron chi connectivity index (χ4n) is 3.92. The number of benzene rings is 1. The van der Waals surface area contributed by atoms with Gasteiger partial charge in [-0.1, -0.05) is 12.1 Å². The molecule has 2 rings (SSSR count). The van der Waals surface area contributed by atoms with E-state index >= 15 is 0 Å². The van der Waals surface area contributed by atoms with Crippen molar-refractivity contribution in [1.82, 2.24) is 4.90 Å². The van der Waals surface area contributed by atoms with Crippen molar-refractivity contribution in [2.75, 3.05) is 27.1 Å². The number of nitrogens with zero attached hydrogens (tertiary/aromatic N) is 2. The molecular weight excluding hydrogens is 566 g/mol. The second-order valence-electron chi connectivity index (χ2n) is 8.98. The number of hydrogen-bond donors (Lipinski definition) is 1. The highest BCUT2D eigenvalue weighted by atomic mass is 35.5. The molecule has 1 aromatic rings. The number of nitrogens with two attached hydrogens (primary N) is 1. The number of allylic oxidation sites excluding steroid dienone is 2. The number of nitro groups is 1. The first kappa shape index (κ1) is 35.0. The molecule has 0 aliphatic carbocycles. The van der Waals surface area contributed by atoms with Crippen molar-refractivity contribution in [3.05, 3.63) is 62.5 Å². The summed E-state index contributed by atoms with van der Waals surface area (Å²) < 4.78 is 25.6. The van der Waals surface area contributed by atoms with E-state index < -0.39 is 53.8 Å². The maximum Gasteiger partial charge on any atom is 0.421 e. The molecule has 1 amide bonds. The standard InChI is InChI=1S/C26H33N3O11.ClH/c1-14(2)40-25(32)21-17(5)28(26(33)39-13-38-23(30)15(3)27)16(4)20(24(31)37-11-10-36-6)22(21)18-8-7-9-19(12-18)29(34)35;/h7-9,12,14-15,22H,10-11,13,27H2,1-6H3;1H/t15-,22?;/m0./s1. The summed E-state index contributed by atoms with van der Waals surface area (Å²) in [6.07, 6.45) is -1.66. The fourth-order valence-corrected chi connectivity index (χ4v) is 3.92. The van der Waals surface area contributed by atoms with Crippen LogP contribution in [0.3, 0.4) is 0 Å². The summed E-state index contributed by atoms with van der Waals surface area (Å²) in [6.45, 7) is 6.57. The molecule has 1 aliphatic heterocycles. The first-order valence-corrected chi connectivity index (χ1v) is 12.2. The lowest BCUT2D eigenvalue weighted by Gasteiger charge is -2.36. The molecule has 1 aromatic carbocycles. The predicted molar refractivity (Wildman–Crippen MR) is 145 cm³/mol. The van der Waals surface area contributed by atoms with Gasteiger partial charge in [0.2, 0.25) is 6.79 Å². The maximum atomic E-state index is 13.4. The van der Waals surface area contributed by atoms with Crippen LogP contribution in [0.1, 0.15) is 46.1 Å². The molecule has 0 saturated heterocycles. The normalized spacial score (nSPS) is 15.6. The smallest absolute Gasteiger partial charge is 0.421 e. The second-order valence-corrected chi connectivity index (χ2v) is 8.98. The number of amides is 1. The Morgan fingerprint density at radius 1 is 1.00 bits per heavy atom. The second kappa shape index (κ2) is 15.7. The molecule has 226 valence electrons. The average Bonchev–Trinajstić information content (AvgIpc) is 2.87. The van der Waals surface area contributed by atoms with Crippen LogP contribution in [-0.2, 0) is 38.1 Å². The number of methoxy groups -OCH3 is 1. The van der Waals surface area contributed by atoms with Crippen LogP contribution in [0.15, 0.2) is 46.8 Å². The van der Waals surface area contributed by atoms with Crippen molar-refractivity contribution in [2.45, 2.75) is 52.7 Å². The monoisotopic (exact) mass is 599 g/mol. The number of hydrogen-bond acceptors (Lipinski definition) is 12. The summed E-state index contributed by atoms with van der Waals surface area (Å²) in [5.74, 6) is -3.81. The lowest BCUT2D eigenvalue weighted by molar-refractivity contribution is -0.384. The van der Waals surface area contributed by atoms with Gasteiger partial charge in [-0.05, 0) is 40.2 Å². The number of carbonyl (C=O) groups is 4. The maximum absolute atomic E-state index is 13.4. The van der Waals surface area contributed by atoms with Gasteiger partial charge in [-0.2, -0.15) is 0 Å². The van der Waals surface area contributed by atoms with Gasteiger partial charge in [0, 0.05) is 30.6 Å². The van der Waals surface area contributed by atoms with Gasteiger partial charge in [-0.25, -0.2) is 14.4 Å². The van der Waals surface area contributed by atoms with Gasteiger partial charge in [-0.3, -0.25) is 19.8 Å². The minimum atomic E-state index is -1.21. The van der Waals surface area contributed by atoms with Crippen LogP contribution >= 0.6 is 12.4 Å². The number of carbonyl (C=O) groups excluding carboxylic acids is 4. The van der Waals surface area contributed by atoms with Crippen LogP contribution < -0.4 is 5.73 Å². The molecule has 41 heavy (non-hydrogen) atoms. The van der Waals surface area contributed by atoms with Crippen molar-refractivity contribution in [2.24, 2.45) is 5.73 Å². The summed E-state index contributed by atoms with van der Waals surface area (Å²) >= 11 is 0. The van der Waals surface area contributed by atoms with Crippen LogP contribution in [-0.4, -0.2) is 73.1 Å². The van der Waals surface area contributed by atoms with E-state index in [4.69, 9.17) is 29.4 Å². The van der Waals surface area contributed by atoms with E-state index in [1.807, 2.05) is 0 Å². The number of non-ortho nitro benzene ring substituents is 1. The van der Waals surface area contributed by atoms with E-state index in [2.05, 4.69) is 0 Å². The molecule has 14 nitrogen and oxygen atoms in total. The number of halogens is 1. The SMILES string of the molecule is COCCOC(=O)C1=C(C)N(C(=O)OCOC(=O)[C@H](C)N)C(C)=C(C(=O)OC(C)C)C1c1cccc([N+](=O)[O-])c1.Cl. The fraction of sp³-hybridized carbons (Fsp3) is 0.462. The van der Waals surface area contributed by atoms with E-state index in [0.717, 1.165) is 4.90 Å². The Balaban J connectivity index is 0.00000840. The van der Waals surface area contributed by atoms with Crippen LogP contribution in [0, 0.1) is 10.1 Å². The molecule has 0 radical (unpaired) electrons. The largest absolute Gasteiger partial charge is 0.460 e. The van der Waals surface area contributed by atoms with E-state index in [1.165, 1.54) is 52.1 Å². The predicted octanol–water partition coefficient (Wildman–Crippen LogP) is 3.09. The topological polar surface area (TPSA) is 187 Å². The summed E-state index contributed by atoms with van der Waals surface area (Å²) in [4.78, 5) is 63.5. The van der Waals surface area contributed by atoms with Gasteiger partial charge in [0.05, 0.1) is 34.7 Å². The molecule has 0 bridgehead atoms. The van der Waals surface area contributed by atoms with Crippen molar-refractivity contribution in [3.63, 3.8) is 0 Å². The van der Waals surface area contributed by atoms with Gasteiger partial charge in [-0.15, -0.1) is 12.4 Å². The third-order valence-corrected chi connectivity index (χ3v) is 5.68. The van der Waals surface area contributed by atoms with E-state index in [-0.39, 0.29) is 59.4 Å². The van der Waals surface area contributed by atoms with E-state index in [9.17, 15) is 29.3 Å². The Labute approximate surface area is 242 Å². The summed E-state index contributed by atoms with van der Waals surface area (Å²) in [5.41, 5.74) is 5.09. The first-order valence-electron chi connectivity index (χ1n) is 12.2. The molecule has 2 N–H and O–H groups in total. The van der Waals surface area contributed by atoms with Crippen molar-refractivity contribution in [3.8, 4) is 0 Å². The zero-order valence-corrected chi connectivity index (χ0v) is 24.4. The van der Waals surface area contributed by atoms with Gasteiger partial charge >= 0.3 is 24.0 Å². The minimum absolute atomic E-state index is 0. The summed E-state index contributed by atoms with van der Waals surface area (Å²) in [5, 5.41) is 11.5. The van der Waals surface area contributed by atoms with Crippen LogP contribution in [0.25, 0.3) is 0 Å². The van der Waals surface area contributed by atoms with Crippen LogP contribution in [0.4, 0.5) is 10.5 Å². The van der Waals surface area contributed by atoms with E-state index in [1.54, 1.807) is 13.8 Å². The van der Waals surface area contributed by atoms with Crippen molar-refractivity contribution in [1.29, 1.82) is 0 Å². The molecule has 15 heteroatoms. The number of nitro benzene ring substituents is 1. The third-order valence-electron chi connectivity index (χ3n) is 5.68. The first-order chi connectivity index (χ1) is 18.8. The van der Waals surface area contributed by atoms with Gasteiger partial charge in [0.15, 0.2) is 0 Å². The Bertz CT molecular complexity index is 1230. The van der Waals surface area contributed by atoms with E-state index in [0.29, 0.717) is 0 Å². The summed E-state index contributed by atoms with van der Waals surface area (Å²) in [6, 6.07) is 4.43. The molecule has 1 aliphatic rings. The molecule has 1 unspecified atom stereocenters. The molecule has 0 saturated carbocycles. The van der Waals surface area contributed by atoms with Crippen molar-refractivity contribution >= 4 is 42.1 Å². The van der Waals surface area contributed by atoms with Crippen LogP contribution in [0.2, 0.25) is 0 Å². The lowest BCUT2D eigenvalue weighted by Crippen LogP contribution is -2.39. The van der Waals surface area contributed by atoms with Crippen molar-refractivity contribution < 1.29 is 47.8 Å². The van der Waals surface area contributed by atoms with Gasteiger partial charge in [0.1, 0.15) is 12.6 Å². The quantitative estimate of drug-likeness (QED) is 0.0979. The number of rotatable bonds is 11. The summed E-state index contributed by atoms with van der Waals surface area (Å²) in [7, 11) is 1.41. The zero-order chi connectivity index (χ0) is 30.1. The third kappa shape index (κ3) is 8.74. The van der Waals surface area contributed by atoms with Gasteiger partial charge in [0.25, 0.3) is 5.69 Å². The highest BCUT2D eigenvalue weighted by Gasteiger charge is 2.43. The minimum Gasteiger partial charge on any atom is -0.460 e. The lowest BCUT2D eigenvalue weighted by atomic mass is 9.79. The molecule has 0 spiro atoms. The molecule has 2 atom stereocenters. The Kier molecular flexibility index (Phi) is 13.4. The molecule has 1 heterocycles. The number of ether oxygens (including phenoxy) is 5. The van der Waals surface area contributed by atoms with Crippen LogP contribution in [0.5, 0.6) is 0 Å². The molecule has 0 fully saturated rings. The highest BCUT2D eigenvalue weighted by Crippen LogP contribution is 2.44. The highest BCUT2D eigenvalue weighted by molar-refractivity contribution is 6.01. The Hall–Kier alpha value is -4.01. The zero-order valence-electron chi connectivity index (χ0n) is 23.5. The Morgan fingerprint density at radius 2 is 1.61 bits per heavy atom. The number of esters is 3. The average molecular weight is 600 g/mol.